The molecule has 0 bridgehead atoms. The minimum absolute atomic E-state index is 0.0889. The Morgan fingerprint density at radius 2 is 2.00 bits per heavy atom. The zero-order valence-electron chi connectivity index (χ0n) is 13.6. The molecule has 0 radical (unpaired) electrons. The van der Waals surface area contributed by atoms with Crippen LogP contribution in [-0.2, 0) is 16.1 Å². The van der Waals surface area contributed by atoms with Crippen LogP contribution in [0.1, 0.15) is 24.8 Å². The highest BCUT2D eigenvalue weighted by molar-refractivity contribution is 5.79. The first-order chi connectivity index (χ1) is 11.3. The number of hydrogen-bond acceptors (Lipinski definition) is 5. The fraction of sp³-hybridized carbons (Fsp3) is 0.588. The predicted molar refractivity (Wildman–Crippen MR) is 88.1 cm³/mol. The summed E-state index contributed by atoms with van der Waals surface area (Å²) in [6.07, 6.45) is 2.83. The average Bonchev–Trinajstić information content (AvgIpc) is 3.06. The summed E-state index contributed by atoms with van der Waals surface area (Å²) in [5, 5.41) is 0. The second-order valence-corrected chi connectivity index (χ2v) is 6.37. The van der Waals surface area contributed by atoms with Crippen LogP contribution < -0.4 is 16.4 Å². The molecule has 1 heterocycles. The van der Waals surface area contributed by atoms with Crippen molar-refractivity contribution in [3.63, 3.8) is 0 Å². The van der Waals surface area contributed by atoms with E-state index in [0.717, 1.165) is 24.8 Å². The lowest BCUT2D eigenvalue weighted by Gasteiger charge is -2.33. The monoisotopic (exact) mass is 318 g/mol. The molecule has 6 heteroatoms. The molecule has 23 heavy (non-hydrogen) atoms. The number of hydrogen-bond donors (Lipinski definition) is 3. The molecule has 2 fully saturated rings. The quantitative estimate of drug-likeness (QED) is 0.724. The Labute approximate surface area is 137 Å². The lowest BCUT2D eigenvalue weighted by molar-refractivity contribution is -0.138. The van der Waals surface area contributed by atoms with E-state index >= 15 is 0 Å². The molecule has 1 aliphatic carbocycles. The molecule has 1 saturated carbocycles. The molecule has 1 aromatic rings. The number of fused-ring (bicyclic) bond motifs is 1. The first-order valence-electron chi connectivity index (χ1n) is 8.35. The number of benzene rings is 1. The maximum atomic E-state index is 13.0. The third kappa shape index (κ3) is 4.09. The Bertz CT molecular complexity index is 511. The molecule has 0 spiro atoms. The summed E-state index contributed by atoms with van der Waals surface area (Å²) in [6, 6.07) is 10.9. The van der Waals surface area contributed by atoms with Crippen molar-refractivity contribution in [1.82, 2.24) is 21.3 Å². The normalized spacial score (nSPS) is 26.7. The van der Waals surface area contributed by atoms with Gasteiger partial charge in [-0.05, 0) is 24.8 Å². The second-order valence-electron chi connectivity index (χ2n) is 6.37. The van der Waals surface area contributed by atoms with E-state index in [9.17, 15) is 4.79 Å². The van der Waals surface area contributed by atoms with Gasteiger partial charge in [0.25, 0.3) is 0 Å². The summed E-state index contributed by atoms with van der Waals surface area (Å²) in [6.45, 7) is 1.86. The van der Waals surface area contributed by atoms with Crippen LogP contribution in [0, 0.1) is 5.92 Å². The fourth-order valence-electron chi connectivity index (χ4n) is 3.48. The van der Waals surface area contributed by atoms with E-state index in [0.29, 0.717) is 31.8 Å². The van der Waals surface area contributed by atoms with E-state index < -0.39 is 0 Å². The first kappa shape index (κ1) is 16.4. The summed E-state index contributed by atoms with van der Waals surface area (Å²) in [5.74, 6) is 0.337. The number of methoxy groups -OCH3 is 1. The Balaban J connectivity index is 1.64. The highest BCUT2D eigenvalue weighted by Crippen LogP contribution is 2.28. The third-order valence-electron chi connectivity index (χ3n) is 4.81. The van der Waals surface area contributed by atoms with Gasteiger partial charge in [0.05, 0.1) is 6.61 Å². The topological polar surface area (TPSA) is 65.6 Å². The van der Waals surface area contributed by atoms with Gasteiger partial charge < -0.3 is 9.64 Å². The Hall–Kier alpha value is -1.47. The van der Waals surface area contributed by atoms with Gasteiger partial charge in [0.15, 0.2) is 0 Å². The standard InChI is InChI=1S/C17H26N4O2/c1-23-10-9-21(12-13-5-3-2-4-6-13)17(22)14-7-8-15-16(11-14)19-20-18-15/h2-6,14-16,18-20H,7-12H2,1H3. The van der Waals surface area contributed by atoms with Crippen molar-refractivity contribution in [3.8, 4) is 0 Å². The van der Waals surface area contributed by atoms with Crippen LogP contribution in [-0.4, -0.2) is 43.2 Å². The summed E-state index contributed by atoms with van der Waals surface area (Å²) in [4.78, 5) is 14.9. The van der Waals surface area contributed by atoms with Crippen LogP contribution in [0.25, 0.3) is 0 Å². The minimum atomic E-state index is 0.0889. The summed E-state index contributed by atoms with van der Waals surface area (Å²) >= 11 is 0. The highest BCUT2D eigenvalue weighted by Gasteiger charge is 2.37. The molecule has 3 N–H and O–H groups in total. The fourth-order valence-corrected chi connectivity index (χ4v) is 3.48. The van der Waals surface area contributed by atoms with Crippen LogP contribution >= 0.6 is 0 Å². The van der Waals surface area contributed by atoms with Crippen molar-refractivity contribution in [2.45, 2.75) is 37.9 Å². The van der Waals surface area contributed by atoms with Gasteiger partial charge in [0, 0.05) is 38.2 Å². The van der Waals surface area contributed by atoms with E-state index in [2.05, 4.69) is 28.5 Å². The van der Waals surface area contributed by atoms with E-state index in [1.165, 1.54) is 0 Å². The minimum Gasteiger partial charge on any atom is -0.383 e. The molecule has 1 aliphatic heterocycles. The average molecular weight is 318 g/mol. The molecule has 3 unspecified atom stereocenters. The zero-order valence-corrected chi connectivity index (χ0v) is 13.6. The van der Waals surface area contributed by atoms with Crippen LogP contribution in [0.15, 0.2) is 30.3 Å². The van der Waals surface area contributed by atoms with Crippen molar-refractivity contribution < 1.29 is 9.53 Å². The second kappa shape index (κ2) is 7.88. The molecule has 126 valence electrons. The van der Waals surface area contributed by atoms with Gasteiger partial charge in [0.1, 0.15) is 0 Å². The van der Waals surface area contributed by atoms with E-state index in [1.807, 2.05) is 23.1 Å². The number of carbonyl (C=O) groups is 1. The molecule has 6 nitrogen and oxygen atoms in total. The third-order valence-corrected chi connectivity index (χ3v) is 4.81. The SMILES string of the molecule is COCCN(Cc1ccccc1)C(=O)C1CCC2NNNC2C1. The molecule has 1 amide bonds. The Kier molecular flexibility index (Phi) is 5.61. The Morgan fingerprint density at radius 1 is 1.22 bits per heavy atom. The van der Waals surface area contributed by atoms with Gasteiger partial charge in [0.2, 0.25) is 5.91 Å². The number of ether oxygens (including phenoxy) is 1. The van der Waals surface area contributed by atoms with Gasteiger partial charge in [-0.2, -0.15) is 5.53 Å². The van der Waals surface area contributed by atoms with Crippen LogP contribution in [0.2, 0.25) is 0 Å². The van der Waals surface area contributed by atoms with Gasteiger partial charge in [-0.1, -0.05) is 30.3 Å². The maximum Gasteiger partial charge on any atom is 0.226 e. The van der Waals surface area contributed by atoms with Crippen molar-refractivity contribution >= 4 is 5.91 Å². The van der Waals surface area contributed by atoms with Crippen molar-refractivity contribution in [2.24, 2.45) is 5.92 Å². The van der Waals surface area contributed by atoms with Gasteiger partial charge in [-0.15, -0.1) is 0 Å². The van der Waals surface area contributed by atoms with Gasteiger partial charge in [-0.3, -0.25) is 4.79 Å². The van der Waals surface area contributed by atoms with E-state index in [4.69, 9.17) is 4.74 Å². The van der Waals surface area contributed by atoms with Crippen LogP contribution in [0.5, 0.6) is 0 Å². The van der Waals surface area contributed by atoms with Crippen LogP contribution in [0.4, 0.5) is 0 Å². The zero-order chi connectivity index (χ0) is 16.1. The molecule has 3 rings (SSSR count). The van der Waals surface area contributed by atoms with E-state index in [-0.39, 0.29) is 11.8 Å². The van der Waals surface area contributed by atoms with E-state index in [1.54, 1.807) is 7.11 Å². The lowest BCUT2D eigenvalue weighted by Crippen LogP contribution is -2.46. The number of rotatable bonds is 6. The summed E-state index contributed by atoms with van der Waals surface area (Å²) < 4.78 is 5.19. The van der Waals surface area contributed by atoms with Crippen molar-refractivity contribution in [2.75, 3.05) is 20.3 Å². The summed E-state index contributed by atoms with van der Waals surface area (Å²) in [5.41, 5.74) is 10.6. The smallest absolute Gasteiger partial charge is 0.226 e. The number of nitrogens with zero attached hydrogens (tertiary/aromatic N) is 1. The molecule has 0 aromatic heterocycles. The highest BCUT2D eigenvalue weighted by atomic mass is 16.5. The molecular formula is C17H26N4O2. The number of amides is 1. The Morgan fingerprint density at radius 3 is 2.78 bits per heavy atom. The van der Waals surface area contributed by atoms with Crippen molar-refractivity contribution in [1.29, 1.82) is 0 Å². The molecule has 3 atom stereocenters. The maximum absolute atomic E-state index is 13.0. The molecule has 2 aliphatic rings. The lowest BCUT2D eigenvalue weighted by atomic mass is 9.82. The first-order valence-corrected chi connectivity index (χ1v) is 8.35. The number of nitrogens with one attached hydrogen (secondary N) is 3. The van der Waals surface area contributed by atoms with Crippen LogP contribution in [0.3, 0.4) is 0 Å². The van der Waals surface area contributed by atoms with Gasteiger partial charge in [-0.25, -0.2) is 10.9 Å². The predicted octanol–water partition coefficient (Wildman–Crippen LogP) is 0.811. The van der Waals surface area contributed by atoms with Crippen molar-refractivity contribution in [3.05, 3.63) is 35.9 Å². The number of carbonyl (C=O) groups excluding carboxylic acids is 1. The summed E-state index contributed by atoms with van der Waals surface area (Å²) in [7, 11) is 1.68. The molecular weight excluding hydrogens is 292 g/mol. The number of hydrazine groups is 2. The molecule has 1 aromatic carbocycles. The largest absolute Gasteiger partial charge is 0.383 e. The van der Waals surface area contributed by atoms with Gasteiger partial charge >= 0.3 is 0 Å². The molecule has 1 saturated heterocycles.